The number of rotatable bonds is 3. The summed E-state index contributed by atoms with van der Waals surface area (Å²) in [6, 6.07) is 5.89. The Morgan fingerprint density at radius 1 is 1.05 bits per heavy atom. The zero-order valence-electron chi connectivity index (χ0n) is 11.4. The Balaban J connectivity index is 2.51. The Bertz CT molecular complexity index is 805. The molecule has 0 aromatic heterocycles. The Hall–Kier alpha value is -2.15. The molecule has 0 aliphatic carbocycles. The Morgan fingerprint density at radius 3 is 2.29 bits per heavy atom. The van der Waals surface area contributed by atoms with Gasteiger partial charge in [0.1, 0.15) is 16.5 Å². The molecule has 0 amide bonds. The van der Waals surface area contributed by atoms with Crippen LogP contribution in [0, 0.1) is 25.5 Å². The molecule has 0 fully saturated rings. The minimum absolute atomic E-state index is 0.102. The van der Waals surface area contributed by atoms with E-state index in [0.29, 0.717) is 17.2 Å². The molecule has 21 heavy (non-hydrogen) atoms. The Labute approximate surface area is 121 Å². The van der Waals surface area contributed by atoms with Gasteiger partial charge in [-0.25, -0.2) is 17.2 Å². The molecule has 4 nitrogen and oxygen atoms in total. The van der Waals surface area contributed by atoms with Gasteiger partial charge in [-0.05, 0) is 37.1 Å². The standard InChI is InChI=1S/C14H14F2N2O2S/c1-8-3-4-9(2)14(13(8)17)21(19,20)18-12-6-5-10(15)7-11(12)16/h3-7,18H,17H2,1-2H3. The summed E-state index contributed by atoms with van der Waals surface area (Å²) >= 11 is 0. The van der Waals surface area contributed by atoms with Crippen molar-refractivity contribution in [3.63, 3.8) is 0 Å². The molecule has 0 saturated carbocycles. The van der Waals surface area contributed by atoms with Crippen molar-refractivity contribution >= 4 is 21.4 Å². The van der Waals surface area contributed by atoms with Gasteiger partial charge in [0.15, 0.2) is 0 Å². The van der Waals surface area contributed by atoms with Crippen molar-refractivity contribution in [2.75, 3.05) is 10.5 Å². The van der Waals surface area contributed by atoms with Crippen LogP contribution in [0.5, 0.6) is 0 Å². The molecule has 0 saturated heterocycles. The summed E-state index contributed by atoms with van der Waals surface area (Å²) in [7, 11) is -4.07. The fourth-order valence-corrected chi connectivity index (χ4v) is 3.43. The van der Waals surface area contributed by atoms with E-state index in [0.717, 1.165) is 12.1 Å². The summed E-state index contributed by atoms with van der Waals surface area (Å²) in [5.74, 6) is -1.79. The number of nitrogens with one attached hydrogen (secondary N) is 1. The van der Waals surface area contributed by atoms with Gasteiger partial charge < -0.3 is 5.73 Å². The van der Waals surface area contributed by atoms with Crippen molar-refractivity contribution in [1.29, 1.82) is 0 Å². The number of anilines is 2. The van der Waals surface area contributed by atoms with Gasteiger partial charge in [-0.2, -0.15) is 0 Å². The van der Waals surface area contributed by atoms with Gasteiger partial charge in [0.25, 0.3) is 10.0 Å². The third kappa shape index (κ3) is 2.97. The minimum atomic E-state index is -4.07. The quantitative estimate of drug-likeness (QED) is 0.856. The molecule has 3 N–H and O–H groups in total. The number of nitrogens with two attached hydrogens (primary N) is 1. The van der Waals surface area contributed by atoms with E-state index in [9.17, 15) is 17.2 Å². The summed E-state index contributed by atoms with van der Waals surface area (Å²) in [5, 5.41) is 0. The van der Waals surface area contributed by atoms with Gasteiger partial charge in [0, 0.05) is 6.07 Å². The molecular weight excluding hydrogens is 298 g/mol. The van der Waals surface area contributed by atoms with Gasteiger partial charge in [0.2, 0.25) is 0 Å². The van der Waals surface area contributed by atoms with Crippen molar-refractivity contribution < 1.29 is 17.2 Å². The maximum Gasteiger partial charge on any atom is 0.264 e. The normalized spacial score (nSPS) is 11.4. The summed E-state index contributed by atoms with van der Waals surface area (Å²) in [4.78, 5) is -0.105. The molecule has 0 radical (unpaired) electrons. The lowest BCUT2D eigenvalue weighted by Crippen LogP contribution is -2.17. The first-order chi connectivity index (χ1) is 9.72. The second-order valence-corrected chi connectivity index (χ2v) is 6.29. The van der Waals surface area contributed by atoms with E-state index >= 15 is 0 Å². The highest BCUT2D eigenvalue weighted by Gasteiger charge is 2.22. The number of hydrogen-bond acceptors (Lipinski definition) is 3. The molecule has 0 unspecified atom stereocenters. The van der Waals surface area contributed by atoms with E-state index in [1.54, 1.807) is 26.0 Å². The van der Waals surface area contributed by atoms with Crippen molar-refractivity contribution in [2.45, 2.75) is 18.7 Å². The molecule has 0 heterocycles. The molecule has 2 aromatic carbocycles. The van der Waals surface area contributed by atoms with Crippen molar-refractivity contribution in [2.24, 2.45) is 0 Å². The van der Waals surface area contributed by atoms with Crippen molar-refractivity contribution in [3.8, 4) is 0 Å². The maximum absolute atomic E-state index is 13.6. The smallest absolute Gasteiger partial charge is 0.264 e. The molecule has 0 aliphatic rings. The molecule has 2 rings (SSSR count). The second kappa shape index (κ2) is 5.33. The zero-order chi connectivity index (χ0) is 15.8. The average Bonchev–Trinajstić information content (AvgIpc) is 2.37. The highest BCUT2D eigenvalue weighted by molar-refractivity contribution is 7.93. The second-order valence-electron chi connectivity index (χ2n) is 4.67. The third-order valence-electron chi connectivity index (χ3n) is 3.06. The number of hydrogen-bond donors (Lipinski definition) is 2. The van der Waals surface area contributed by atoms with Crippen LogP contribution in [-0.4, -0.2) is 8.42 Å². The maximum atomic E-state index is 13.6. The van der Waals surface area contributed by atoms with Crippen LogP contribution < -0.4 is 10.5 Å². The molecule has 0 aliphatic heterocycles. The summed E-state index contributed by atoms with van der Waals surface area (Å²) in [6.07, 6.45) is 0. The molecule has 112 valence electrons. The van der Waals surface area contributed by atoms with Gasteiger partial charge in [-0.3, -0.25) is 4.72 Å². The van der Waals surface area contributed by atoms with Gasteiger partial charge in [-0.15, -0.1) is 0 Å². The van der Waals surface area contributed by atoms with Crippen LogP contribution >= 0.6 is 0 Å². The number of aryl methyl sites for hydroxylation is 2. The Kier molecular flexibility index (Phi) is 3.87. The fourth-order valence-electron chi connectivity index (χ4n) is 1.93. The monoisotopic (exact) mass is 312 g/mol. The van der Waals surface area contributed by atoms with Crippen molar-refractivity contribution in [3.05, 3.63) is 53.1 Å². The van der Waals surface area contributed by atoms with E-state index in [1.807, 2.05) is 0 Å². The van der Waals surface area contributed by atoms with Crippen LogP contribution in [0.1, 0.15) is 11.1 Å². The lowest BCUT2D eigenvalue weighted by molar-refractivity contribution is 0.582. The number of nitrogen functional groups attached to an aromatic ring is 1. The van der Waals surface area contributed by atoms with Crippen LogP contribution in [0.4, 0.5) is 20.2 Å². The highest BCUT2D eigenvalue weighted by Crippen LogP contribution is 2.28. The fraction of sp³-hybridized carbons (Fsp3) is 0.143. The third-order valence-corrected chi connectivity index (χ3v) is 4.62. The van der Waals surface area contributed by atoms with Crippen LogP contribution in [0.25, 0.3) is 0 Å². The van der Waals surface area contributed by atoms with E-state index in [4.69, 9.17) is 5.73 Å². The number of halogens is 2. The van der Waals surface area contributed by atoms with Gasteiger partial charge in [-0.1, -0.05) is 12.1 Å². The molecule has 0 spiro atoms. The van der Waals surface area contributed by atoms with Crippen molar-refractivity contribution in [1.82, 2.24) is 0 Å². The van der Waals surface area contributed by atoms with Gasteiger partial charge >= 0.3 is 0 Å². The predicted molar refractivity (Wildman–Crippen MR) is 77.5 cm³/mol. The van der Waals surface area contributed by atoms with E-state index in [-0.39, 0.29) is 16.3 Å². The zero-order valence-corrected chi connectivity index (χ0v) is 12.3. The van der Waals surface area contributed by atoms with Gasteiger partial charge in [0.05, 0.1) is 11.4 Å². The lowest BCUT2D eigenvalue weighted by Gasteiger charge is -2.14. The highest BCUT2D eigenvalue weighted by atomic mass is 32.2. The van der Waals surface area contributed by atoms with Crippen LogP contribution in [0.15, 0.2) is 35.2 Å². The first-order valence-electron chi connectivity index (χ1n) is 6.06. The van der Waals surface area contributed by atoms with E-state index in [1.165, 1.54) is 0 Å². The first-order valence-corrected chi connectivity index (χ1v) is 7.54. The topological polar surface area (TPSA) is 72.2 Å². The minimum Gasteiger partial charge on any atom is -0.397 e. The molecule has 7 heteroatoms. The predicted octanol–water partition coefficient (Wildman–Crippen LogP) is 2.96. The molecule has 0 atom stereocenters. The van der Waals surface area contributed by atoms with E-state index < -0.39 is 21.7 Å². The summed E-state index contributed by atoms with van der Waals surface area (Å²) < 4.78 is 53.3. The molecule has 0 bridgehead atoms. The first kappa shape index (κ1) is 15.2. The summed E-state index contributed by atoms with van der Waals surface area (Å²) in [5.41, 5.74) is 6.61. The van der Waals surface area contributed by atoms with E-state index in [2.05, 4.69) is 4.72 Å². The number of sulfonamides is 1. The number of benzene rings is 2. The SMILES string of the molecule is Cc1ccc(C)c(S(=O)(=O)Nc2ccc(F)cc2F)c1N. The van der Waals surface area contributed by atoms with Crippen LogP contribution in [0.2, 0.25) is 0 Å². The molecular formula is C14H14F2N2O2S. The Morgan fingerprint density at radius 2 is 1.67 bits per heavy atom. The lowest BCUT2D eigenvalue weighted by atomic mass is 10.1. The van der Waals surface area contributed by atoms with Crippen LogP contribution in [0.3, 0.4) is 0 Å². The largest absolute Gasteiger partial charge is 0.397 e. The molecule has 2 aromatic rings. The van der Waals surface area contributed by atoms with Crippen LogP contribution in [-0.2, 0) is 10.0 Å². The summed E-state index contributed by atoms with van der Waals surface area (Å²) in [6.45, 7) is 3.26. The average molecular weight is 312 g/mol.